The summed E-state index contributed by atoms with van der Waals surface area (Å²) in [6, 6.07) is 9.50. The number of nitrogens with one attached hydrogen (secondary N) is 1. The molecule has 96 valence electrons. The third-order valence-corrected chi connectivity index (χ3v) is 3.21. The molecule has 0 amide bonds. The Kier molecular flexibility index (Phi) is 4.36. The molecular weight excluding hydrogens is 248 g/mol. The van der Waals surface area contributed by atoms with Crippen molar-refractivity contribution in [2.24, 2.45) is 5.84 Å². The van der Waals surface area contributed by atoms with Crippen molar-refractivity contribution in [2.45, 2.75) is 25.9 Å². The molecule has 2 rings (SSSR count). The summed E-state index contributed by atoms with van der Waals surface area (Å²) in [6.45, 7) is 2.98. The molecule has 1 heterocycles. The van der Waals surface area contributed by atoms with Gasteiger partial charge in [0.2, 0.25) is 0 Å². The van der Waals surface area contributed by atoms with Crippen molar-refractivity contribution in [1.29, 1.82) is 0 Å². The molecule has 0 aliphatic rings. The molecule has 1 aromatic carbocycles. The number of nitrogens with zero attached hydrogens (tertiary/aromatic N) is 2. The number of hydrogen-bond donors (Lipinski definition) is 2. The lowest BCUT2D eigenvalue weighted by Gasteiger charge is -2.19. The highest BCUT2D eigenvalue weighted by Gasteiger charge is 2.18. The van der Waals surface area contributed by atoms with Gasteiger partial charge in [-0.25, -0.2) is 5.43 Å². The van der Waals surface area contributed by atoms with Crippen LogP contribution in [0.3, 0.4) is 0 Å². The highest BCUT2D eigenvalue weighted by atomic mass is 35.5. The van der Waals surface area contributed by atoms with Crippen molar-refractivity contribution in [3.05, 3.63) is 52.8 Å². The van der Waals surface area contributed by atoms with E-state index in [2.05, 4.69) is 17.4 Å². The van der Waals surface area contributed by atoms with Gasteiger partial charge in [0.15, 0.2) is 0 Å². The maximum atomic E-state index is 6.22. The van der Waals surface area contributed by atoms with Gasteiger partial charge in [0, 0.05) is 17.8 Å². The maximum Gasteiger partial charge on any atom is 0.0892 e. The van der Waals surface area contributed by atoms with E-state index < -0.39 is 0 Å². The van der Waals surface area contributed by atoms with E-state index in [4.69, 9.17) is 17.4 Å². The smallest absolute Gasteiger partial charge is 0.0892 e. The second kappa shape index (κ2) is 6.00. The molecule has 0 saturated carbocycles. The minimum Gasteiger partial charge on any atom is -0.271 e. The van der Waals surface area contributed by atoms with E-state index in [0.717, 1.165) is 24.2 Å². The van der Waals surface area contributed by atoms with Crippen LogP contribution in [0.5, 0.6) is 0 Å². The van der Waals surface area contributed by atoms with Crippen LogP contribution in [-0.2, 0) is 6.54 Å². The molecular formula is C13H17ClN4. The second-order valence-corrected chi connectivity index (χ2v) is 4.51. The fraction of sp³-hybridized carbons (Fsp3) is 0.308. The molecule has 0 spiro atoms. The molecule has 0 aliphatic carbocycles. The third kappa shape index (κ3) is 2.56. The van der Waals surface area contributed by atoms with Crippen LogP contribution in [0.25, 0.3) is 0 Å². The minimum atomic E-state index is -0.146. The zero-order chi connectivity index (χ0) is 13.0. The topological polar surface area (TPSA) is 55.9 Å². The van der Waals surface area contributed by atoms with Crippen LogP contribution >= 0.6 is 11.6 Å². The summed E-state index contributed by atoms with van der Waals surface area (Å²) in [7, 11) is 0. The Bertz CT molecular complexity index is 509. The number of hydrazine groups is 1. The van der Waals surface area contributed by atoms with Crippen molar-refractivity contribution >= 4 is 11.6 Å². The molecule has 0 radical (unpaired) electrons. The van der Waals surface area contributed by atoms with Gasteiger partial charge in [-0.1, -0.05) is 36.7 Å². The number of rotatable bonds is 5. The minimum absolute atomic E-state index is 0.146. The molecule has 0 aliphatic heterocycles. The number of halogens is 1. The van der Waals surface area contributed by atoms with Crippen molar-refractivity contribution < 1.29 is 0 Å². The number of nitrogens with two attached hydrogens (primary N) is 1. The first-order chi connectivity index (χ1) is 8.77. The molecule has 0 saturated heterocycles. The van der Waals surface area contributed by atoms with Gasteiger partial charge in [0.1, 0.15) is 0 Å². The number of aryl methyl sites for hydroxylation is 1. The molecule has 18 heavy (non-hydrogen) atoms. The second-order valence-electron chi connectivity index (χ2n) is 4.10. The van der Waals surface area contributed by atoms with Crippen molar-refractivity contribution in [1.82, 2.24) is 15.2 Å². The lowest BCUT2D eigenvalue weighted by Crippen LogP contribution is -2.31. The number of hydrogen-bond acceptors (Lipinski definition) is 3. The summed E-state index contributed by atoms with van der Waals surface area (Å²) >= 11 is 6.22. The average Bonchev–Trinajstić information content (AvgIpc) is 2.82. The molecule has 1 aromatic heterocycles. The summed E-state index contributed by atoms with van der Waals surface area (Å²) in [5.41, 5.74) is 4.79. The highest BCUT2D eigenvalue weighted by Crippen LogP contribution is 2.27. The summed E-state index contributed by atoms with van der Waals surface area (Å²) in [6.07, 6.45) is 2.81. The Morgan fingerprint density at radius 2 is 2.17 bits per heavy atom. The van der Waals surface area contributed by atoms with Crippen LogP contribution in [0.4, 0.5) is 0 Å². The van der Waals surface area contributed by atoms with Gasteiger partial charge in [-0.3, -0.25) is 10.5 Å². The summed E-state index contributed by atoms with van der Waals surface area (Å²) in [4.78, 5) is 0. The molecule has 4 nitrogen and oxygen atoms in total. The van der Waals surface area contributed by atoms with E-state index in [9.17, 15) is 0 Å². The van der Waals surface area contributed by atoms with E-state index in [1.54, 1.807) is 6.20 Å². The zero-order valence-electron chi connectivity index (χ0n) is 10.3. The molecule has 1 unspecified atom stereocenters. The quantitative estimate of drug-likeness (QED) is 0.644. The van der Waals surface area contributed by atoms with Crippen LogP contribution in [0, 0.1) is 0 Å². The Morgan fingerprint density at radius 1 is 1.39 bits per heavy atom. The Hall–Kier alpha value is -1.36. The predicted octanol–water partition coefficient (Wildman–Crippen LogP) is 2.50. The predicted molar refractivity (Wildman–Crippen MR) is 73.1 cm³/mol. The lowest BCUT2D eigenvalue weighted by molar-refractivity contribution is 0.521. The van der Waals surface area contributed by atoms with Gasteiger partial charge in [-0.15, -0.1) is 0 Å². The fourth-order valence-electron chi connectivity index (χ4n) is 2.03. The Morgan fingerprint density at radius 3 is 2.83 bits per heavy atom. The third-order valence-electron chi connectivity index (χ3n) is 2.86. The zero-order valence-corrected chi connectivity index (χ0v) is 11.1. The van der Waals surface area contributed by atoms with E-state index >= 15 is 0 Å². The van der Waals surface area contributed by atoms with Crippen LogP contribution < -0.4 is 11.3 Å². The summed E-state index contributed by atoms with van der Waals surface area (Å²) in [5, 5.41) is 5.01. The molecule has 0 bridgehead atoms. The Balaban J connectivity index is 2.39. The van der Waals surface area contributed by atoms with Crippen molar-refractivity contribution in [3.63, 3.8) is 0 Å². The largest absolute Gasteiger partial charge is 0.271 e. The first-order valence-electron chi connectivity index (χ1n) is 6.00. The van der Waals surface area contributed by atoms with Crippen LogP contribution in [-0.4, -0.2) is 9.78 Å². The maximum absolute atomic E-state index is 6.22. The molecule has 5 heteroatoms. The average molecular weight is 265 g/mol. The standard InChI is InChI=1S/C13H17ClN4/c1-2-9-18-12(7-8-16-18)13(17-15)10-5-3-4-6-11(10)14/h3-8,13,17H,2,9,15H2,1H3. The Labute approximate surface area is 112 Å². The van der Waals surface area contributed by atoms with Gasteiger partial charge in [0.25, 0.3) is 0 Å². The monoisotopic (exact) mass is 264 g/mol. The van der Waals surface area contributed by atoms with E-state index in [0.29, 0.717) is 5.02 Å². The number of benzene rings is 1. The molecule has 0 fully saturated rings. The SMILES string of the molecule is CCCn1nccc1C(NN)c1ccccc1Cl. The highest BCUT2D eigenvalue weighted by molar-refractivity contribution is 6.31. The van der Waals surface area contributed by atoms with Crippen molar-refractivity contribution in [2.75, 3.05) is 0 Å². The van der Waals surface area contributed by atoms with Gasteiger partial charge in [0.05, 0.1) is 11.7 Å². The van der Waals surface area contributed by atoms with E-state index in [-0.39, 0.29) is 6.04 Å². The summed E-state index contributed by atoms with van der Waals surface area (Å²) < 4.78 is 1.95. The van der Waals surface area contributed by atoms with Gasteiger partial charge in [-0.2, -0.15) is 5.10 Å². The molecule has 1 atom stereocenters. The van der Waals surface area contributed by atoms with Crippen LogP contribution in [0.15, 0.2) is 36.5 Å². The van der Waals surface area contributed by atoms with E-state index in [1.165, 1.54) is 0 Å². The molecule has 3 N–H and O–H groups in total. The molecule has 2 aromatic rings. The van der Waals surface area contributed by atoms with Crippen molar-refractivity contribution in [3.8, 4) is 0 Å². The first-order valence-corrected chi connectivity index (χ1v) is 6.38. The first kappa shape index (κ1) is 13.1. The van der Waals surface area contributed by atoms with Crippen LogP contribution in [0.1, 0.15) is 30.6 Å². The van der Waals surface area contributed by atoms with Crippen LogP contribution in [0.2, 0.25) is 5.02 Å². The van der Waals surface area contributed by atoms with E-state index in [1.807, 2.05) is 35.0 Å². The lowest BCUT2D eigenvalue weighted by atomic mass is 10.0. The van der Waals surface area contributed by atoms with Gasteiger partial charge >= 0.3 is 0 Å². The van der Waals surface area contributed by atoms with Gasteiger partial charge in [-0.05, 0) is 24.1 Å². The normalized spacial score (nSPS) is 12.6. The van der Waals surface area contributed by atoms with Gasteiger partial charge < -0.3 is 0 Å². The number of aromatic nitrogens is 2. The fourth-order valence-corrected chi connectivity index (χ4v) is 2.28. The summed E-state index contributed by atoms with van der Waals surface area (Å²) in [5.74, 6) is 5.68.